The van der Waals surface area contributed by atoms with Gasteiger partial charge in [-0.3, -0.25) is 23.8 Å². The first-order valence-electron chi connectivity index (χ1n) is 33.2. The van der Waals surface area contributed by atoms with Crippen molar-refractivity contribution >= 4 is 138 Å². The van der Waals surface area contributed by atoms with Gasteiger partial charge in [-0.2, -0.15) is 0 Å². The first-order chi connectivity index (χ1) is 50.0. The summed E-state index contributed by atoms with van der Waals surface area (Å²) in [6.07, 6.45) is 10.5. The van der Waals surface area contributed by atoms with Crippen molar-refractivity contribution in [1.29, 1.82) is 0 Å². The van der Waals surface area contributed by atoms with Crippen LogP contribution in [0.4, 0.5) is 34.0 Å². The molecule has 0 saturated carbocycles. The summed E-state index contributed by atoms with van der Waals surface area (Å²) < 4.78 is 92.4. The van der Waals surface area contributed by atoms with Gasteiger partial charge in [-0.1, -0.05) is 53.5 Å². The molecule has 0 bridgehead atoms. The molecule has 0 aliphatic carbocycles. The Kier molecular flexibility index (Phi) is 23.0. The van der Waals surface area contributed by atoms with Crippen LogP contribution in [-0.4, -0.2) is 176 Å². The summed E-state index contributed by atoms with van der Waals surface area (Å²) in [6.45, 7) is 12.8. The summed E-state index contributed by atoms with van der Waals surface area (Å²) in [7, 11) is -11.2. The summed E-state index contributed by atoms with van der Waals surface area (Å²) in [5, 5.41) is 5.42. The van der Waals surface area contributed by atoms with Crippen molar-refractivity contribution in [2.24, 2.45) is 0 Å². The minimum Gasteiger partial charge on any atom is -0.481 e. The molecule has 550 valence electrons. The summed E-state index contributed by atoms with van der Waals surface area (Å²) >= 11 is 13.5. The number of anilines is 6. The van der Waals surface area contributed by atoms with Crippen molar-refractivity contribution in [3.05, 3.63) is 223 Å². The second-order valence-electron chi connectivity index (χ2n) is 24.6. The van der Waals surface area contributed by atoms with Crippen LogP contribution in [0.3, 0.4) is 0 Å². The SMILES string of the molecule is CC(Oc1ccccc1)C(=O)N1CCN(c2ccc(S(=O)(=O)Nc3ccncn3)cc2)CC1.C[C@@H]1CN(c2ccc(S(=O)(=O)Nc3nccs3)cc2)CCN1C(=O)Cn1ccc2ccc(Cl)cc21.C[C@H](C(=O)N1CCN(c2ccc(S(=O)(=O)Nc3ncccn3)cc2)CC1)n1ccc2ccc(Cl)cc21.[HH].[HH].[HH].[HH].[HH]. The van der Waals surface area contributed by atoms with Gasteiger partial charge in [0.1, 0.15) is 30.5 Å². The smallest absolute Gasteiger partial charge is 0.264 e. The Morgan fingerprint density at radius 1 is 0.548 bits per heavy atom. The van der Waals surface area contributed by atoms with Crippen LogP contribution in [0.1, 0.15) is 33.9 Å². The summed E-state index contributed by atoms with van der Waals surface area (Å²) in [5.41, 5.74) is 4.60. The number of nitrogens with zero attached hydrogens (tertiary/aromatic N) is 13. The number of aromatic nitrogens is 7. The Morgan fingerprint density at radius 3 is 1.63 bits per heavy atom. The molecule has 0 spiro atoms. The third-order valence-corrected chi connectivity index (χ3v) is 23.2. The number of hydrogen-bond donors (Lipinski definition) is 3. The quantitative estimate of drug-likeness (QED) is 0.0678. The number of nitrogens with one attached hydrogen (secondary N) is 3. The zero-order valence-corrected chi connectivity index (χ0v) is 61.5. The molecular formula is C72H84Cl2N16O10S4. The molecule has 8 heterocycles. The highest BCUT2D eigenvalue weighted by atomic mass is 35.5. The molecule has 0 radical (unpaired) electrons. The monoisotopic (exact) mass is 1530 g/mol. The average Bonchev–Trinajstić information content (AvgIpc) is 1.43. The van der Waals surface area contributed by atoms with Gasteiger partial charge in [-0.15, -0.1) is 11.3 Å². The molecule has 3 fully saturated rings. The lowest BCUT2D eigenvalue weighted by molar-refractivity contribution is -0.138. The minimum atomic E-state index is -3.79. The Balaban J connectivity index is 0.000000223. The normalized spacial score (nSPS) is 15.6. The van der Waals surface area contributed by atoms with Gasteiger partial charge < -0.3 is 43.3 Å². The van der Waals surface area contributed by atoms with E-state index in [0.29, 0.717) is 92.9 Å². The zero-order valence-electron chi connectivity index (χ0n) is 56.7. The maximum atomic E-state index is 13.2. The highest BCUT2D eigenvalue weighted by Crippen LogP contribution is 2.30. The van der Waals surface area contributed by atoms with Crippen LogP contribution >= 0.6 is 34.5 Å². The number of carbonyl (C=O) groups is 3. The van der Waals surface area contributed by atoms with E-state index in [-0.39, 0.29) is 69.9 Å². The first kappa shape index (κ1) is 73.4. The predicted octanol–water partition coefficient (Wildman–Crippen LogP) is 11.7. The van der Waals surface area contributed by atoms with Crippen molar-refractivity contribution in [1.82, 2.24) is 48.8 Å². The number of carbonyl (C=O) groups excluding carboxylic acids is 3. The van der Waals surface area contributed by atoms with Crippen LogP contribution in [-0.2, 0) is 51.0 Å². The molecule has 32 heteroatoms. The van der Waals surface area contributed by atoms with E-state index in [1.807, 2.05) is 124 Å². The lowest BCUT2D eigenvalue weighted by atomic mass is 10.1. The number of hydrogen-bond acceptors (Lipinski definition) is 19. The number of halogens is 2. The van der Waals surface area contributed by atoms with Crippen LogP contribution in [0.2, 0.25) is 10.0 Å². The Morgan fingerprint density at radius 2 is 1.08 bits per heavy atom. The van der Waals surface area contributed by atoms with Crippen LogP contribution in [0, 0.1) is 0 Å². The van der Waals surface area contributed by atoms with Crippen molar-refractivity contribution in [3.63, 3.8) is 0 Å². The second kappa shape index (κ2) is 32.5. The van der Waals surface area contributed by atoms with Crippen LogP contribution in [0.25, 0.3) is 21.8 Å². The van der Waals surface area contributed by atoms with Gasteiger partial charge in [0.15, 0.2) is 11.2 Å². The lowest BCUT2D eigenvalue weighted by Gasteiger charge is -2.41. The molecular weight excluding hydrogens is 1450 g/mol. The van der Waals surface area contributed by atoms with Gasteiger partial charge in [0.2, 0.25) is 17.8 Å². The third-order valence-electron chi connectivity index (χ3n) is 17.8. The highest BCUT2D eigenvalue weighted by molar-refractivity contribution is 7.93. The van der Waals surface area contributed by atoms with Crippen LogP contribution in [0.5, 0.6) is 5.75 Å². The van der Waals surface area contributed by atoms with Gasteiger partial charge in [-0.05, 0) is 165 Å². The maximum Gasteiger partial charge on any atom is 0.264 e. The summed E-state index contributed by atoms with van der Waals surface area (Å²) in [6, 6.07) is 47.5. The number of benzene rings is 6. The number of amides is 3. The number of thiazole rings is 1. The third kappa shape index (κ3) is 18.0. The molecule has 3 N–H and O–H groups in total. The number of piperazine rings is 3. The largest absolute Gasteiger partial charge is 0.481 e. The first-order valence-corrected chi connectivity index (χ1v) is 39.3. The van der Waals surface area contributed by atoms with Gasteiger partial charge in [-0.25, -0.2) is 54.9 Å². The van der Waals surface area contributed by atoms with Gasteiger partial charge in [0.25, 0.3) is 36.0 Å². The van der Waals surface area contributed by atoms with Crippen molar-refractivity contribution in [2.45, 2.75) is 60.2 Å². The standard InChI is InChI=1S/C25H25ClN6O3S.C24H24ClN5O3S2.C23H25N5O4S.5H2/c1-18(32-12-9-19-3-4-20(26)17-23(19)32)24(33)31-15-13-30(14-16-31)21-5-7-22(8-6-21)36(34,35)29-25-27-10-2-11-28-25;1-17-15-28(20-4-6-21(7-5-20)35(32,33)27-24-26-9-13-34-24)11-12-30(17)23(31)16-29-10-8-18-2-3-19(25)14-22(18)29;1-18(32-20-5-3-2-4-6-20)23(29)28-15-13-27(14-16-28)19-7-9-21(10-8-19)33(30,31)26-22-11-12-24-17-25-22;;;;;/h2-12,17-18H,13-16H2,1H3,(H,27,28,29);2-10,13-14,17H,11-12,15-16H2,1H3,(H,26,27);2-12,17-18H,13-16H2,1H3,(H,24,25,26);5*1H/t18-;17-;;;;;;/m11....../s1. The fourth-order valence-electron chi connectivity index (χ4n) is 12.4. The summed E-state index contributed by atoms with van der Waals surface area (Å²) in [4.78, 5) is 71.0. The number of sulfonamides is 3. The number of fused-ring (bicyclic) bond motifs is 2. The molecule has 3 aliphatic heterocycles. The van der Waals surface area contributed by atoms with E-state index in [2.05, 4.69) is 53.8 Å². The fraction of sp³-hybridized carbons (Fsp3) is 0.250. The maximum absolute atomic E-state index is 13.2. The van der Waals surface area contributed by atoms with E-state index < -0.39 is 36.2 Å². The second-order valence-corrected chi connectivity index (χ2v) is 31.4. The van der Waals surface area contributed by atoms with E-state index >= 15 is 0 Å². The Labute approximate surface area is 624 Å². The topological polar surface area (TPSA) is 293 Å². The molecule has 14 rings (SSSR count). The van der Waals surface area contributed by atoms with Gasteiger partial charge >= 0.3 is 0 Å². The molecule has 26 nitrogen and oxygen atoms in total. The number of para-hydroxylation sites is 1. The van der Waals surface area contributed by atoms with E-state index in [4.69, 9.17) is 27.9 Å². The van der Waals surface area contributed by atoms with E-state index in [0.717, 1.165) is 38.9 Å². The Hall–Kier alpha value is -10.4. The molecule has 104 heavy (non-hydrogen) atoms. The van der Waals surface area contributed by atoms with Gasteiger partial charge in [0, 0.05) is 160 Å². The molecule has 1 unspecified atom stereocenters. The molecule has 11 aromatic rings. The molecule has 3 aliphatic rings. The van der Waals surface area contributed by atoms with Crippen molar-refractivity contribution in [3.8, 4) is 5.75 Å². The predicted molar refractivity (Wildman–Crippen MR) is 415 cm³/mol. The van der Waals surface area contributed by atoms with Crippen molar-refractivity contribution < 1.29 is 51.5 Å². The Bertz CT molecular complexity index is 5150. The average molecular weight is 1530 g/mol. The highest BCUT2D eigenvalue weighted by Gasteiger charge is 2.31. The van der Waals surface area contributed by atoms with Crippen LogP contribution in [0.15, 0.2) is 227 Å². The van der Waals surface area contributed by atoms with E-state index in [1.165, 1.54) is 42.3 Å². The fourth-order valence-corrected chi connectivity index (χ4v) is 16.4. The van der Waals surface area contributed by atoms with Crippen LogP contribution < -0.4 is 33.6 Å². The van der Waals surface area contributed by atoms with E-state index in [1.54, 1.807) is 102 Å². The molecule has 3 atom stereocenters. The number of ether oxygens (including phenoxy) is 1. The van der Waals surface area contributed by atoms with Crippen molar-refractivity contribution in [2.75, 3.05) is 101 Å². The lowest BCUT2D eigenvalue weighted by Crippen LogP contribution is -2.54. The molecule has 3 amide bonds. The summed E-state index contributed by atoms with van der Waals surface area (Å²) in [5.74, 6) is 0.969. The molecule has 5 aromatic heterocycles. The minimum absolute atomic E-state index is 0. The van der Waals surface area contributed by atoms with Gasteiger partial charge in [0.05, 0.1) is 20.2 Å². The number of rotatable bonds is 19. The zero-order chi connectivity index (χ0) is 73.1. The molecule has 3 saturated heterocycles. The molecule has 6 aromatic carbocycles. The van der Waals surface area contributed by atoms with E-state index in [9.17, 15) is 39.6 Å².